The van der Waals surface area contributed by atoms with Crippen molar-refractivity contribution in [3.05, 3.63) is 46.7 Å². The number of aliphatic carboxylic acids is 1. The van der Waals surface area contributed by atoms with Gasteiger partial charge in [-0.05, 0) is 37.1 Å². The van der Waals surface area contributed by atoms with E-state index in [4.69, 9.17) is 9.25 Å². The van der Waals surface area contributed by atoms with E-state index in [2.05, 4.69) is 15.8 Å². The highest BCUT2D eigenvalue weighted by Gasteiger charge is 2.57. The fraction of sp³-hybridized carbons (Fsp3) is 0.391. The Kier molecular flexibility index (Phi) is 6.73. The first-order chi connectivity index (χ1) is 18.1. The van der Waals surface area contributed by atoms with E-state index in [1.54, 1.807) is 19.9 Å². The molecule has 4 atom stereocenters. The molecule has 1 aromatic rings. The molecular formula is C23H23N5O8S2. The minimum absolute atomic E-state index is 0.0591. The molecule has 0 aliphatic carbocycles. The molecule has 5 heterocycles. The molecule has 1 unspecified atom stereocenters. The van der Waals surface area contributed by atoms with Crippen LogP contribution in [0.15, 0.2) is 50.5 Å². The van der Waals surface area contributed by atoms with E-state index in [1.807, 2.05) is 0 Å². The van der Waals surface area contributed by atoms with Gasteiger partial charge in [-0.2, -0.15) is 0 Å². The van der Waals surface area contributed by atoms with Crippen LogP contribution in [-0.2, 0) is 28.8 Å². The summed E-state index contributed by atoms with van der Waals surface area (Å²) in [6, 6.07) is 1.27. The van der Waals surface area contributed by atoms with Crippen LogP contribution in [0.5, 0.6) is 0 Å². The lowest BCUT2D eigenvalue weighted by Crippen LogP contribution is -2.73. The second kappa shape index (κ2) is 9.87. The van der Waals surface area contributed by atoms with Gasteiger partial charge in [0.25, 0.3) is 23.6 Å². The van der Waals surface area contributed by atoms with Crippen molar-refractivity contribution < 1.29 is 38.3 Å². The average molecular weight is 562 g/mol. The smallest absolute Gasteiger partial charge is 0.352 e. The summed E-state index contributed by atoms with van der Waals surface area (Å²) >= 11 is 2.75. The van der Waals surface area contributed by atoms with Crippen molar-refractivity contribution >= 4 is 58.8 Å². The first-order valence-electron chi connectivity index (χ1n) is 11.4. The maximum atomic E-state index is 13.3. The third-order valence-corrected chi connectivity index (χ3v) is 9.31. The second-order valence-corrected chi connectivity index (χ2v) is 11.1. The number of amides is 4. The van der Waals surface area contributed by atoms with E-state index in [-0.39, 0.29) is 22.9 Å². The topological polar surface area (TPSA) is 171 Å². The molecule has 2 fully saturated rings. The molecule has 0 saturated carbocycles. The number of hydrogen-bond donors (Lipinski definition) is 3. The monoisotopic (exact) mass is 561 g/mol. The second-order valence-electron chi connectivity index (χ2n) is 8.88. The average Bonchev–Trinajstić information content (AvgIpc) is 3.42. The molecule has 4 amide bonds. The van der Waals surface area contributed by atoms with Crippen LogP contribution < -0.4 is 10.6 Å². The van der Waals surface area contributed by atoms with E-state index in [0.717, 1.165) is 0 Å². The summed E-state index contributed by atoms with van der Waals surface area (Å²) in [5.74, 6) is -2.48. The van der Waals surface area contributed by atoms with Crippen LogP contribution in [0.1, 0.15) is 19.6 Å². The molecule has 5 rings (SSSR count). The van der Waals surface area contributed by atoms with Gasteiger partial charge in [-0.25, -0.2) is 4.79 Å². The number of thioether (sulfide) groups is 2. The number of carbonyl (C=O) groups is 5. The van der Waals surface area contributed by atoms with Gasteiger partial charge in [-0.1, -0.05) is 5.16 Å². The number of oxime groups is 1. The highest BCUT2D eigenvalue weighted by Crippen LogP contribution is 2.42. The Morgan fingerprint density at radius 1 is 1.03 bits per heavy atom. The van der Waals surface area contributed by atoms with Gasteiger partial charge in [0, 0.05) is 11.5 Å². The summed E-state index contributed by atoms with van der Waals surface area (Å²) in [5.41, 5.74) is 1.14. The number of fused-ring (bicyclic) bond motifs is 2. The molecule has 0 bridgehead atoms. The molecule has 2 saturated heterocycles. The highest BCUT2D eigenvalue weighted by atomic mass is 32.2. The number of furan rings is 1. The largest absolute Gasteiger partial charge is 0.477 e. The van der Waals surface area contributed by atoms with E-state index in [0.29, 0.717) is 22.7 Å². The number of rotatable bonds is 7. The van der Waals surface area contributed by atoms with Gasteiger partial charge in [0.15, 0.2) is 5.76 Å². The molecule has 3 N–H and O–H groups in total. The minimum atomic E-state index is -1.19. The Morgan fingerprint density at radius 3 is 2.16 bits per heavy atom. The molecule has 200 valence electrons. The first-order valence-corrected chi connectivity index (χ1v) is 13.5. The predicted molar refractivity (Wildman–Crippen MR) is 135 cm³/mol. The van der Waals surface area contributed by atoms with Gasteiger partial charge >= 0.3 is 5.97 Å². The molecule has 13 nitrogen and oxygen atoms in total. The zero-order valence-corrected chi connectivity index (χ0v) is 22.1. The Labute approximate surface area is 224 Å². The van der Waals surface area contributed by atoms with Crippen LogP contribution in [0.4, 0.5) is 0 Å². The zero-order chi connectivity index (χ0) is 27.3. The van der Waals surface area contributed by atoms with Crippen molar-refractivity contribution in [2.24, 2.45) is 5.16 Å². The Morgan fingerprint density at radius 2 is 1.61 bits per heavy atom. The lowest BCUT2D eigenvalue weighted by Gasteiger charge is -2.51. The van der Waals surface area contributed by atoms with E-state index < -0.39 is 52.4 Å². The SMILES string of the molecule is CO/N=C(\C(=O)N[C@H]1C(=O)N2C(C(=O)N[C@@H]3C(=O)N4C(C(=O)O)=C(C)CSC34)=C(C)CS[C@H]12)c1ccco1. The Bertz CT molecular complexity index is 1340. The number of carbonyl (C=O) groups excluding carboxylic acids is 4. The summed E-state index contributed by atoms with van der Waals surface area (Å²) in [6.07, 6.45) is 1.37. The lowest BCUT2D eigenvalue weighted by atomic mass is 10.0. The lowest BCUT2D eigenvalue weighted by molar-refractivity contribution is -0.151. The third-order valence-electron chi connectivity index (χ3n) is 6.46. The summed E-state index contributed by atoms with van der Waals surface area (Å²) < 4.78 is 5.22. The summed E-state index contributed by atoms with van der Waals surface area (Å²) in [5, 5.41) is 17.4. The molecule has 4 aliphatic heterocycles. The number of carboxylic acids is 1. The Balaban J connectivity index is 1.28. The maximum Gasteiger partial charge on any atom is 0.352 e. The maximum absolute atomic E-state index is 13.3. The standard InChI is InChI=1S/C23H23N5O8S2/c1-9-7-37-21-13(24-17(29)12(26-35-3)11-5-4-6-36-11)19(31)27(21)15(9)18(30)25-14-20(32)28-16(23(33)34)10(2)8-38-22(14)28/h4-6,13-14,21-22H,7-8H2,1-3H3,(H,24,29)(H,25,30)(H,33,34)/b26-12-/t13-,14+,21+,22?/m0/s1. The summed E-state index contributed by atoms with van der Waals surface area (Å²) in [6.45, 7) is 3.37. The fourth-order valence-corrected chi connectivity index (χ4v) is 7.28. The van der Waals surface area contributed by atoms with Crippen molar-refractivity contribution in [2.75, 3.05) is 18.6 Å². The van der Waals surface area contributed by atoms with Gasteiger partial charge in [0.05, 0.1) is 6.26 Å². The number of nitrogens with zero attached hydrogens (tertiary/aromatic N) is 3. The van der Waals surface area contributed by atoms with Crippen LogP contribution >= 0.6 is 23.5 Å². The van der Waals surface area contributed by atoms with E-state index in [9.17, 15) is 29.1 Å². The van der Waals surface area contributed by atoms with Gasteiger partial charge in [0.1, 0.15) is 41.3 Å². The van der Waals surface area contributed by atoms with Crippen LogP contribution in [-0.4, -0.2) is 91.7 Å². The third kappa shape index (κ3) is 4.05. The van der Waals surface area contributed by atoms with Crippen molar-refractivity contribution in [3.63, 3.8) is 0 Å². The van der Waals surface area contributed by atoms with Crippen molar-refractivity contribution in [1.29, 1.82) is 0 Å². The van der Waals surface area contributed by atoms with Gasteiger partial charge in [0.2, 0.25) is 5.71 Å². The van der Waals surface area contributed by atoms with E-state index in [1.165, 1.54) is 52.8 Å². The van der Waals surface area contributed by atoms with Gasteiger partial charge < -0.3 is 25.0 Å². The van der Waals surface area contributed by atoms with Crippen LogP contribution in [0.3, 0.4) is 0 Å². The Hall–Kier alpha value is -3.72. The molecule has 15 heteroatoms. The minimum Gasteiger partial charge on any atom is -0.477 e. The summed E-state index contributed by atoms with van der Waals surface area (Å²) in [7, 11) is 1.28. The molecule has 1 aromatic heterocycles. The number of β-lactam (4-membered cyclic amide) rings is 2. The first kappa shape index (κ1) is 25.9. The predicted octanol–water partition coefficient (Wildman–Crippen LogP) is 0.0625. The highest BCUT2D eigenvalue weighted by molar-refractivity contribution is 8.00. The molecule has 4 aliphatic rings. The summed E-state index contributed by atoms with van der Waals surface area (Å²) in [4.78, 5) is 70.9. The van der Waals surface area contributed by atoms with Crippen molar-refractivity contribution in [2.45, 2.75) is 36.7 Å². The molecule has 38 heavy (non-hydrogen) atoms. The quantitative estimate of drug-likeness (QED) is 0.235. The molecule has 0 spiro atoms. The van der Waals surface area contributed by atoms with Crippen LogP contribution in [0.25, 0.3) is 0 Å². The molecule has 0 aromatic carbocycles. The number of carboxylic acid groups (broad SMARTS) is 1. The van der Waals surface area contributed by atoms with E-state index >= 15 is 0 Å². The van der Waals surface area contributed by atoms with Crippen molar-refractivity contribution in [3.8, 4) is 0 Å². The fourth-order valence-electron chi connectivity index (χ4n) is 4.69. The normalized spacial score (nSPS) is 26.8. The molecule has 0 radical (unpaired) electrons. The van der Waals surface area contributed by atoms with Gasteiger partial charge in [-0.3, -0.25) is 29.0 Å². The van der Waals surface area contributed by atoms with Gasteiger partial charge in [-0.15, -0.1) is 23.5 Å². The number of nitrogens with one attached hydrogen (secondary N) is 2. The van der Waals surface area contributed by atoms with Crippen molar-refractivity contribution in [1.82, 2.24) is 20.4 Å². The molecular weight excluding hydrogens is 538 g/mol. The zero-order valence-electron chi connectivity index (χ0n) is 20.4. The van der Waals surface area contributed by atoms with Crippen LogP contribution in [0.2, 0.25) is 0 Å². The van der Waals surface area contributed by atoms with Crippen LogP contribution in [0, 0.1) is 0 Å². The number of hydrogen-bond acceptors (Lipinski definition) is 10.